The molecule has 1 aromatic carbocycles. The van der Waals surface area contributed by atoms with Crippen molar-refractivity contribution in [2.24, 2.45) is 11.7 Å². The van der Waals surface area contributed by atoms with E-state index in [0.717, 1.165) is 0 Å². The second-order valence-electron chi connectivity index (χ2n) is 4.50. The molecular weight excluding hydrogens is 270 g/mol. The highest BCUT2D eigenvalue weighted by molar-refractivity contribution is 5.95. The van der Waals surface area contributed by atoms with Crippen LogP contribution in [-0.4, -0.2) is 25.7 Å². The predicted octanol–water partition coefficient (Wildman–Crippen LogP) is 2.22. The Balaban J connectivity index is 2.89. The van der Waals surface area contributed by atoms with Crippen LogP contribution in [0.5, 0.6) is 11.5 Å². The SMILES string of the molecule is COc1ccc(NC(=O)[C@H](N)C(C)C)cc1OC(F)F. The van der Waals surface area contributed by atoms with Crippen LogP contribution in [0.4, 0.5) is 14.5 Å². The van der Waals surface area contributed by atoms with Gasteiger partial charge in [0.05, 0.1) is 13.2 Å². The van der Waals surface area contributed by atoms with Crippen molar-refractivity contribution in [2.75, 3.05) is 12.4 Å². The Bertz CT molecular complexity index is 467. The maximum absolute atomic E-state index is 12.3. The first kappa shape index (κ1) is 16.2. The van der Waals surface area contributed by atoms with E-state index in [-0.39, 0.29) is 17.4 Å². The smallest absolute Gasteiger partial charge is 0.387 e. The molecule has 7 heteroatoms. The van der Waals surface area contributed by atoms with Crippen LogP contribution < -0.4 is 20.5 Å². The van der Waals surface area contributed by atoms with Gasteiger partial charge in [-0.15, -0.1) is 0 Å². The molecule has 0 radical (unpaired) electrons. The number of nitrogens with one attached hydrogen (secondary N) is 1. The summed E-state index contributed by atoms with van der Waals surface area (Å²) in [6.45, 7) is 0.639. The molecule has 20 heavy (non-hydrogen) atoms. The molecule has 0 aliphatic heterocycles. The molecule has 1 aromatic rings. The maximum Gasteiger partial charge on any atom is 0.387 e. The van der Waals surface area contributed by atoms with Crippen LogP contribution in [0.1, 0.15) is 13.8 Å². The zero-order chi connectivity index (χ0) is 15.3. The van der Waals surface area contributed by atoms with Crippen LogP contribution in [0.25, 0.3) is 0 Å². The third-order valence-corrected chi connectivity index (χ3v) is 2.67. The van der Waals surface area contributed by atoms with Gasteiger partial charge in [-0.25, -0.2) is 0 Å². The molecule has 1 amide bonds. The van der Waals surface area contributed by atoms with Crippen molar-refractivity contribution >= 4 is 11.6 Å². The summed E-state index contributed by atoms with van der Waals surface area (Å²) in [4.78, 5) is 11.8. The fourth-order valence-corrected chi connectivity index (χ4v) is 1.47. The summed E-state index contributed by atoms with van der Waals surface area (Å²) in [7, 11) is 1.33. The Hall–Kier alpha value is -1.89. The number of methoxy groups -OCH3 is 1. The fraction of sp³-hybridized carbons (Fsp3) is 0.462. The number of anilines is 1. The number of carbonyl (C=O) groups is 1. The van der Waals surface area contributed by atoms with Crippen molar-refractivity contribution < 1.29 is 23.0 Å². The molecule has 0 aromatic heterocycles. The molecule has 1 rings (SSSR count). The monoisotopic (exact) mass is 288 g/mol. The van der Waals surface area contributed by atoms with Gasteiger partial charge in [0, 0.05) is 11.8 Å². The number of carbonyl (C=O) groups excluding carboxylic acids is 1. The van der Waals surface area contributed by atoms with Crippen molar-refractivity contribution in [3.63, 3.8) is 0 Å². The highest BCUT2D eigenvalue weighted by Crippen LogP contribution is 2.31. The van der Waals surface area contributed by atoms with Gasteiger partial charge < -0.3 is 20.5 Å². The summed E-state index contributed by atoms with van der Waals surface area (Å²) in [6, 6.07) is 3.52. The summed E-state index contributed by atoms with van der Waals surface area (Å²) in [5.74, 6) is -0.437. The summed E-state index contributed by atoms with van der Waals surface area (Å²) in [5, 5.41) is 2.54. The van der Waals surface area contributed by atoms with Crippen molar-refractivity contribution in [1.82, 2.24) is 0 Å². The molecule has 0 fully saturated rings. The van der Waals surface area contributed by atoms with Crippen LogP contribution in [0.2, 0.25) is 0 Å². The van der Waals surface area contributed by atoms with Gasteiger partial charge in [0.2, 0.25) is 5.91 Å². The first-order valence-electron chi connectivity index (χ1n) is 6.04. The quantitative estimate of drug-likeness (QED) is 0.841. The molecule has 0 heterocycles. The first-order chi connectivity index (χ1) is 9.35. The van der Waals surface area contributed by atoms with E-state index >= 15 is 0 Å². The lowest BCUT2D eigenvalue weighted by Gasteiger charge is -2.16. The molecule has 1 atom stereocenters. The third kappa shape index (κ3) is 4.34. The van der Waals surface area contributed by atoms with Gasteiger partial charge in [-0.1, -0.05) is 13.8 Å². The van der Waals surface area contributed by atoms with Crippen LogP contribution in [-0.2, 0) is 4.79 Å². The maximum atomic E-state index is 12.3. The van der Waals surface area contributed by atoms with Gasteiger partial charge in [0.15, 0.2) is 11.5 Å². The molecule has 0 unspecified atom stereocenters. The molecular formula is C13H18F2N2O3. The minimum absolute atomic E-state index is 0.0370. The number of rotatable bonds is 6. The fourth-order valence-electron chi connectivity index (χ4n) is 1.47. The van der Waals surface area contributed by atoms with E-state index in [1.54, 1.807) is 0 Å². The molecule has 5 nitrogen and oxygen atoms in total. The van der Waals surface area contributed by atoms with Gasteiger partial charge in [0.25, 0.3) is 0 Å². The Kier molecular flexibility index (Phi) is 5.69. The van der Waals surface area contributed by atoms with E-state index in [4.69, 9.17) is 10.5 Å². The molecule has 112 valence electrons. The van der Waals surface area contributed by atoms with Gasteiger partial charge in [-0.3, -0.25) is 4.79 Å². The molecule has 0 saturated carbocycles. The summed E-state index contributed by atoms with van der Waals surface area (Å²) < 4.78 is 33.8. The first-order valence-corrected chi connectivity index (χ1v) is 6.04. The number of nitrogens with two attached hydrogens (primary N) is 1. The van der Waals surface area contributed by atoms with E-state index in [1.807, 2.05) is 13.8 Å². The molecule has 0 bridgehead atoms. The normalized spacial score (nSPS) is 12.4. The van der Waals surface area contributed by atoms with Crippen LogP contribution in [0, 0.1) is 5.92 Å². The number of halogens is 2. The number of alkyl halides is 2. The highest BCUT2D eigenvalue weighted by Gasteiger charge is 2.18. The second-order valence-corrected chi connectivity index (χ2v) is 4.50. The van der Waals surface area contributed by atoms with E-state index in [2.05, 4.69) is 10.1 Å². The number of amides is 1. The lowest BCUT2D eigenvalue weighted by atomic mass is 10.0. The van der Waals surface area contributed by atoms with Crippen molar-refractivity contribution in [2.45, 2.75) is 26.5 Å². The average molecular weight is 288 g/mol. The van der Waals surface area contributed by atoms with Crippen LogP contribution >= 0.6 is 0 Å². The standard InChI is InChI=1S/C13H18F2N2O3/c1-7(2)11(16)12(18)17-8-4-5-9(19-3)10(6-8)20-13(14)15/h4-7,11,13H,16H2,1-3H3,(H,17,18)/t11-/m1/s1. The Morgan fingerprint density at radius 2 is 1.95 bits per heavy atom. The van der Waals surface area contributed by atoms with Gasteiger partial charge in [0.1, 0.15) is 0 Å². The summed E-state index contributed by atoms with van der Waals surface area (Å²) in [6.07, 6.45) is 0. The van der Waals surface area contributed by atoms with Crippen molar-refractivity contribution in [3.8, 4) is 11.5 Å². The highest BCUT2D eigenvalue weighted by atomic mass is 19.3. The number of hydrogen-bond donors (Lipinski definition) is 2. The average Bonchev–Trinajstić information content (AvgIpc) is 2.37. The number of hydrogen-bond acceptors (Lipinski definition) is 4. The zero-order valence-electron chi connectivity index (χ0n) is 11.5. The van der Waals surface area contributed by atoms with Crippen LogP contribution in [0.15, 0.2) is 18.2 Å². The minimum atomic E-state index is -2.98. The largest absolute Gasteiger partial charge is 0.493 e. The van der Waals surface area contributed by atoms with Crippen molar-refractivity contribution in [1.29, 1.82) is 0 Å². The lowest BCUT2D eigenvalue weighted by molar-refractivity contribution is -0.118. The minimum Gasteiger partial charge on any atom is -0.493 e. The number of ether oxygens (including phenoxy) is 2. The topological polar surface area (TPSA) is 73.6 Å². The van der Waals surface area contributed by atoms with Gasteiger partial charge in [-0.05, 0) is 18.1 Å². The second kappa shape index (κ2) is 7.04. The Labute approximate surface area is 116 Å². The summed E-state index contributed by atoms with van der Waals surface area (Å²) >= 11 is 0. The summed E-state index contributed by atoms with van der Waals surface area (Å²) in [5.41, 5.74) is 6.00. The van der Waals surface area contributed by atoms with E-state index in [9.17, 15) is 13.6 Å². The lowest BCUT2D eigenvalue weighted by Crippen LogP contribution is -2.39. The van der Waals surface area contributed by atoms with E-state index < -0.39 is 18.6 Å². The number of benzene rings is 1. The Morgan fingerprint density at radius 1 is 1.30 bits per heavy atom. The third-order valence-electron chi connectivity index (χ3n) is 2.67. The zero-order valence-corrected chi connectivity index (χ0v) is 11.5. The molecule has 3 N–H and O–H groups in total. The Morgan fingerprint density at radius 3 is 2.45 bits per heavy atom. The van der Waals surface area contributed by atoms with Crippen molar-refractivity contribution in [3.05, 3.63) is 18.2 Å². The molecule has 0 saturated heterocycles. The van der Waals surface area contributed by atoms with E-state index in [0.29, 0.717) is 5.69 Å². The van der Waals surface area contributed by atoms with Crippen LogP contribution in [0.3, 0.4) is 0 Å². The van der Waals surface area contributed by atoms with E-state index in [1.165, 1.54) is 25.3 Å². The van der Waals surface area contributed by atoms with Gasteiger partial charge >= 0.3 is 6.61 Å². The molecule has 0 spiro atoms. The molecule has 0 aliphatic carbocycles. The van der Waals surface area contributed by atoms with Gasteiger partial charge in [-0.2, -0.15) is 8.78 Å². The molecule has 0 aliphatic rings. The predicted molar refractivity (Wildman–Crippen MR) is 71.1 cm³/mol.